The predicted octanol–water partition coefficient (Wildman–Crippen LogP) is 4.29. The minimum absolute atomic E-state index is 0.339. The molecule has 0 aliphatic heterocycles. The second-order valence-electron chi connectivity index (χ2n) is 7.31. The molecule has 0 saturated carbocycles. The Labute approximate surface area is 171 Å². The maximum Gasteiger partial charge on any atom is 0.416 e. The summed E-state index contributed by atoms with van der Waals surface area (Å²) in [6.45, 7) is 9.72. The zero-order chi connectivity index (χ0) is 19.8. The Kier molecular flexibility index (Phi) is 5.36. The Morgan fingerprint density at radius 1 is 1.26 bits per heavy atom. The molecule has 1 amide bonds. The van der Waals surface area contributed by atoms with Crippen LogP contribution in [0.15, 0.2) is 30.6 Å². The van der Waals surface area contributed by atoms with Crippen LogP contribution in [0.3, 0.4) is 0 Å². The number of aryl methyl sites for hydroxylation is 2. The number of pyridine rings is 1. The van der Waals surface area contributed by atoms with Gasteiger partial charge in [-0.1, -0.05) is 0 Å². The van der Waals surface area contributed by atoms with Crippen molar-refractivity contribution in [2.24, 2.45) is 0 Å². The van der Waals surface area contributed by atoms with Gasteiger partial charge in [-0.3, -0.25) is 9.88 Å². The zero-order valence-corrected chi connectivity index (χ0v) is 18.2. The number of hydrogen-bond acceptors (Lipinski definition) is 5. The first-order chi connectivity index (χ1) is 12.7. The van der Waals surface area contributed by atoms with E-state index in [1.54, 1.807) is 21.8 Å². The summed E-state index contributed by atoms with van der Waals surface area (Å²) >= 11 is 2.23. The van der Waals surface area contributed by atoms with Crippen molar-refractivity contribution < 1.29 is 9.53 Å². The van der Waals surface area contributed by atoms with Gasteiger partial charge in [0.25, 0.3) is 0 Å². The average Bonchev–Trinajstić information content (AvgIpc) is 2.86. The lowest BCUT2D eigenvalue weighted by Crippen LogP contribution is -2.37. The van der Waals surface area contributed by atoms with Gasteiger partial charge in [-0.15, -0.1) is 0 Å². The zero-order valence-electron chi connectivity index (χ0n) is 16.0. The van der Waals surface area contributed by atoms with Crippen molar-refractivity contribution in [2.75, 3.05) is 4.90 Å². The number of fused-ring (bicyclic) bond motifs is 1. The van der Waals surface area contributed by atoms with Crippen LogP contribution >= 0.6 is 22.6 Å². The number of amides is 1. The van der Waals surface area contributed by atoms with Crippen LogP contribution in [-0.2, 0) is 11.3 Å². The summed E-state index contributed by atoms with van der Waals surface area (Å²) in [6.07, 6.45) is 2.97. The van der Waals surface area contributed by atoms with Crippen molar-refractivity contribution in [1.82, 2.24) is 19.6 Å². The molecule has 3 aromatic heterocycles. The highest BCUT2D eigenvalue weighted by Crippen LogP contribution is 2.26. The molecule has 3 heterocycles. The predicted molar refractivity (Wildman–Crippen MR) is 112 cm³/mol. The van der Waals surface area contributed by atoms with E-state index in [1.165, 1.54) is 0 Å². The third-order valence-corrected chi connectivity index (χ3v) is 5.05. The van der Waals surface area contributed by atoms with E-state index in [4.69, 9.17) is 4.74 Å². The topological polar surface area (TPSA) is 72.6 Å². The van der Waals surface area contributed by atoms with Crippen molar-refractivity contribution in [3.05, 3.63) is 51.1 Å². The smallest absolute Gasteiger partial charge is 0.416 e. The van der Waals surface area contributed by atoms with Crippen LogP contribution in [0.4, 0.5) is 10.6 Å². The molecule has 27 heavy (non-hydrogen) atoms. The SMILES string of the molecule is Cc1cc(N(Cc2ccncc2)C(=O)OC(C)(C)C)n2nc(C)c(I)c2n1. The van der Waals surface area contributed by atoms with E-state index in [0.29, 0.717) is 12.4 Å². The molecule has 3 rings (SSSR count). The van der Waals surface area contributed by atoms with Gasteiger partial charge in [-0.05, 0) is 74.9 Å². The van der Waals surface area contributed by atoms with E-state index in [1.807, 2.05) is 52.8 Å². The fraction of sp³-hybridized carbons (Fsp3) is 0.368. The number of rotatable bonds is 3. The van der Waals surface area contributed by atoms with Crippen molar-refractivity contribution in [3.8, 4) is 0 Å². The molecular weight excluding hydrogens is 457 g/mol. The molecule has 0 atom stereocenters. The van der Waals surface area contributed by atoms with E-state index in [-0.39, 0.29) is 0 Å². The lowest BCUT2D eigenvalue weighted by Gasteiger charge is -2.27. The number of halogens is 1. The van der Waals surface area contributed by atoms with Gasteiger partial charge in [0, 0.05) is 24.2 Å². The summed E-state index contributed by atoms with van der Waals surface area (Å²) in [5.74, 6) is 0.620. The quantitative estimate of drug-likeness (QED) is 0.525. The Morgan fingerprint density at radius 2 is 1.93 bits per heavy atom. The van der Waals surface area contributed by atoms with E-state index < -0.39 is 11.7 Å². The summed E-state index contributed by atoms with van der Waals surface area (Å²) in [6, 6.07) is 5.60. The van der Waals surface area contributed by atoms with Gasteiger partial charge in [-0.2, -0.15) is 9.61 Å². The van der Waals surface area contributed by atoms with Gasteiger partial charge in [0.15, 0.2) is 5.65 Å². The molecule has 142 valence electrons. The summed E-state index contributed by atoms with van der Waals surface area (Å²) in [7, 11) is 0. The van der Waals surface area contributed by atoms with E-state index in [2.05, 4.69) is 37.7 Å². The molecule has 8 heteroatoms. The van der Waals surface area contributed by atoms with Gasteiger partial charge in [0.05, 0.1) is 15.8 Å². The molecule has 0 fully saturated rings. The van der Waals surface area contributed by atoms with Gasteiger partial charge in [0.2, 0.25) is 0 Å². The highest BCUT2D eigenvalue weighted by molar-refractivity contribution is 14.1. The lowest BCUT2D eigenvalue weighted by atomic mass is 10.2. The number of anilines is 1. The fourth-order valence-electron chi connectivity index (χ4n) is 2.62. The van der Waals surface area contributed by atoms with Gasteiger partial charge in [0.1, 0.15) is 11.4 Å². The second kappa shape index (κ2) is 7.41. The average molecular weight is 479 g/mol. The van der Waals surface area contributed by atoms with Crippen molar-refractivity contribution >= 4 is 40.1 Å². The molecule has 7 nitrogen and oxygen atoms in total. The van der Waals surface area contributed by atoms with Crippen LogP contribution in [0.25, 0.3) is 5.65 Å². The first-order valence-electron chi connectivity index (χ1n) is 8.57. The maximum absolute atomic E-state index is 13.0. The Hall–Kier alpha value is -2.23. The first-order valence-corrected chi connectivity index (χ1v) is 9.65. The van der Waals surface area contributed by atoms with Crippen molar-refractivity contribution in [3.63, 3.8) is 0 Å². The van der Waals surface area contributed by atoms with Crippen LogP contribution in [0.1, 0.15) is 37.7 Å². The highest BCUT2D eigenvalue weighted by atomic mass is 127. The highest BCUT2D eigenvalue weighted by Gasteiger charge is 2.27. The third kappa shape index (κ3) is 4.37. The minimum atomic E-state index is -0.608. The normalized spacial score (nSPS) is 11.6. The van der Waals surface area contributed by atoms with Crippen molar-refractivity contribution in [2.45, 2.75) is 46.8 Å². The Bertz CT molecular complexity index is 979. The lowest BCUT2D eigenvalue weighted by molar-refractivity contribution is 0.0575. The van der Waals surface area contributed by atoms with Crippen LogP contribution in [0, 0.1) is 17.4 Å². The van der Waals surface area contributed by atoms with Crippen LogP contribution in [0.5, 0.6) is 0 Å². The molecule has 0 aliphatic rings. The second-order valence-corrected chi connectivity index (χ2v) is 8.39. The molecule has 0 unspecified atom stereocenters. The summed E-state index contributed by atoms with van der Waals surface area (Å²) < 4.78 is 8.33. The van der Waals surface area contributed by atoms with Gasteiger partial charge in [-0.25, -0.2) is 9.78 Å². The molecule has 0 N–H and O–H groups in total. The Morgan fingerprint density at radius 3 is 2.56 bits per heavy atom. The third-order valence-electron chi connectivity index (χ3n) is 3.78. The number of ether oxygens (including phenoxy) is 1. The largest absolute Gasteiger partial charge is 0.443 e. The minimum Gasteiger partial charge on any atom is -0.443 e. The molecule has 0 saturated heterocycles. The molecule has 0 bridgehead atoms. The molecule has 0 radical (unpaired) electrons. The molecule has 0 spiro atoms. The monoisotopic (exact) mass is 479 g/mol. The molecule has 0 aliphatic carbocycles. The van der Waals surface area contributed by atoms with Crippen LogP contribution in [0.2, 0.25) is 0 Å². The van der Waals surface area contributed by atoms with Crippen LogP contribution < -0.4 is 4.90 Å². The van der Waals surface area contributed by atoms with Crippen molar-refractivity contribution in [1.29, 1.82) is 0 Å². The van der Waals surface area contributed by atoms with E-state index in [9.17, 15) is 4.79 Å². The Balaban J connectivity index is 2.14. The number of aromatic nitrogens is 4. The van der Waals surface area contributed by atoms with Crippen LogP contribution in [-0.4, -0.2) is 31.3 Å². The first kappa shape index (κ1) is 19.5. The number of nitrogens with zero attached hydrogens (tertiary/aromatic N) is 5. The summed E-state index contributed by atoms with van der Waals surface area (Å²) in [5, 5.41) is 4.58. The molecule has 0 aromatic carbocycles. The number of carbonyl (C=O) groups is 1. The summed E-state index contributed by atoms with van der Waals surface area (Å²) in [4.78, 5) is 23.3. The number of hydrogen-bond donors (Lipinski definition) is 0. The number of carbonyl (C=O) groups excluding carboxylic acids is 1. The molecule has 3 aromatic rings. The van der Waals surface area contributed by atoms with Gasteiger partial charge >= 0.3 is 6.09 Å². The van der Waals surface area contributed by atoms with E-state index >= 15 is 0 Å². The van der Waals surface area contributed by atoms with Gasteiger partial charge < -0.3 is 4.74 Å². The summed E-state index contributed by atoms with van der Waals surface area (Å²) in [5.41, 5.74) is 2.73. The molecular formula is C19H22IN5O2. The maximum atomic E-state index is 13.0. The standard InChI is InChI=1S/C19H22IN5O2/c1-12-10-15(25-17(22-12)16(20)13(2)23-25)24(18(26)27-19(3,4)5)11-14-6-8-21-9-7-14/h6-10H,11H2,1-5H3. The van der Waals surface area contributed by atoms with E-state index in [0.717, 1.165) is 26.2 Å². The fourth-order valence-corrected chi connectivity index (χ4v) is 3.08.